The summed E-state index contributed by atoms with van der Waals surface area (Å²) in [6, 6.07) is 1.62. The number of amides is 2. The average Bonchev–Trinajstić information content (AvgIpc) is 3.43. The van der Waals surface area contributed by atoms with Crippen molar-refractivity contribution in [1.82, 2.24) is 30.0 Å². The van der Waals surface area contributed by atoms with Crippen molar-refractivity contribution >= 4 is 34.3 Å². The van der Waals surface area contributed by atoms with Crippen LogP contribution in [0.2, 0.25) is 5.02 Å². The van der Waals surface area contributed by atoms with Crippen LogP contribution >= 0.6 is 11.6 Å². The molecule has 1 aromatic carbocycles. The molecule has 10 nitrogen and oxygen atoms in total. The summed E-state index contributed by atoms with van der Waals surface area (Å²) < 4.78 is 40.1. The number of piperidine rings is 1. The second kappa shape index (κ2) is 9.43. The first-order valence-electron chi connectivity index (χ1n) is 11.8. The summed E-state index contributed by atoms with van der Waals surface area (Å²) in [5.41, 5.74) is 1.49. The standard InChI is InChI=1S/C23H24ClF3N6O4/c24-16-6-12-5-13(7-17(34)32-3-1-11(2-4-32)18-20(35)30-22(37)29-18)21(36)33(10-23(25,26)27)9-15(12)14-8-28-31-19(14)16/h6,8,11,13,35H,1-5,7,9-10H2,(H,28,31)(H2,29,30,37)/t13-/m0/s1. The highest BCUT2D eigenvalue weighted by molar-refractivity contribution is 6.35. The average molecular weight is 541 g/mol. The highest BCUT2D eigenvalue weighted by Gasteiger charge is 2.39. The van der Waals surface area contributed by atoms with Gasteiger partial charge >= 0.3 is 11.9 Å². The van der Waals surface area contributed by atoms with Crippen LogP contribution in [0, 0.1) is 5.92 Å². The van der Waals surface area contributed by atoms with Gasteiger partial charge in [-0.25, -0.2) is 4.79 Å². The number of hydrogen-bond acceptors (Lipinski definition) is 5. The number of aromatic nitrogens is 4. The van der Waals surface area contributed by atoms with E-state index in [9.17, 15) is 32.7 Å². The number of H-pyrrole nitrogens is 3. The summed E-state index contributed by atoms with van der Waals surface area (Å²) in [6.07, 6.45) is -2.36. The molecule has 14 heteroatoms. The molecule has 198 valence electrons. The van der Waals surface area contributed by atoms with Crippen molar-refractivity contribution in [3.8, 4) is 5.88 Å². The van der Waals surface area contributed by atoms with Gasteiger partial charge in [0.05, 0.1) is 28.3 Å². The van der Waals surface area contributed by atoms with E-state index in [1.54, 1.807) is 11.0 Å². The Morgan fingerprint density at radius 1 is 1.22 bits per heavy atom. The Bertz CT molecular complexity index is 1410. The van der Waals surface area contributed by atoms with Crippen molar-refractivity contribution in [3.63, 3.8) is 0 Å². The molecule has 1 atom stereocenters. The van der Waals surface area contributed by atoms with Gasteiger partial charge in [-0.3, -0.25) is 19.7 Å². The Labute approximate surface area is 212 Å². The fourth-order valence-corrected chi connectivity index (χ4v) is 5.66. The van der Waals surface area contributed by atoms with Crippen LogP contribution in [0.1, 0.15) is 42.0 Å². The predicted molar refractivity (Wildman–Crippen MR) is 126 cm³/mol. The number of benzene rings is 1. The van der Waals surface area contributed by atoms with E-state index in [1.807, 2.05) is 0 Å². The Balaban J connectivity index is 1.35. The van der Waals surface area contributed by atoms with E-state index < -0.39 is 30.2 Å². The number of hydrogen-bond donors (Lipinski definition) is 4. The number of imidazole rings is 1. The molecular formula is C23H24ClF3N6O4. The minimum Gasteiger partial charge on any atom is -0.493 e. The number of carbonyl (C=O) groups is 2. The number of rotatable bonds is 4. The molecule has 0 spiro atoms. The predicted octanol–water partition coefficient (Wildman–Crippen LogP) is 2.80. The number of alkyl halides is 3. The highest BCUT2D eigenvalue weighted by atomic mass is 35.5. The van der Waals surface area contributed by atoms with Gasteiger partial charge in [-0.2, -0.15) is 18.3 Å². The van der Waals surface area contributed by atoms with Gasteiger partial charge in [0.15, 0.2) is 0 Å². The topological polar surface area (TPSA) is 138 Å². The van der Waals surface area contributed by atoms with Crippen LogP contribution in [0.5, 0.6) is 5.88 Å². The third-order valence-corrected chi connectivity index (χ3v) is 7.45. The molecule has 3 aromatic rings. The number of likely N-dealkylation sites (tertiary alicyclic amines) is 1. The summed E-state index contributed by atoms with van der Waals surface area (Å²) in [7, 11) is 0. The van der Waals surface area contributed by atoms with Gasteiger partial charge in [0, 0.05) is 37.4 Å². The number of nitrogens with one attached hydrogen (secondary N) is 3. The van der Waals surface area contributed by atoms with Gasteiger partial charge in [-0.1, -0.05) is 11.6 Å². The van der Waals surface area contributed by atoms with Gasteiger partial charge in [0.25, 0.3) is 0 Å². The van der Waals surface area contributed by atoms with Gasteiger partial charge in [-0.15, -0.1) is 0 Å². The Kier molecular flexibility index (Phi) is 6.42. The second-order valence-corrected chi connectivity index (χ2v) is 9.97. The molecular weight excluding hydrogens is 517 g/mol. The largest absolute Gasteiger partial charge is 0.493 e. The van der Waals surface area contributed by atoms with Crippen molar-refractivity contribution in [3.05, 3.63) is 44.6 Å². The number of fused-ring (bicyclic) bond motifs is 3. The maximum Gasteiger partial charge on any atom is 0.406 e. The van der Waals surface area contributed by atoms with Crippen LogP contribution in [-0.4, -0.2) is 72.7 Å². The lowest BCUT2D eigenvalue weighted by Crippen LogP contribution is -2.44. The van der Waals surface area contributed by atoms with Crippen molar-refractivity contribution in [2.24, 2.45) is 5.92 Å². The maximum absolute atomic E-state index is 13.4. The zero-order chi connectivity index (χ0) is 26.5. The molecule has 2 aromatic heterocycles. The molecule has 1 saturated heterocycles. The van der Waals surface area contributed by atoms with Crippen molar-refractivity contribution < 1.29 is 27.9 Å². The summed E-state index contributed by atoms with van der Waals surface area (Å²) >= 11 is 6.35. The quantitative estimate of drug-likeness (QED) is 0.403. The number of halogens is 4. The van der Waals surface area contributed by atoms with Crippen molar-refractivity contribution in [2.45, 2.75) is 44.3 Å². The first-order valence-corrected chi connectivity index (χ1v) is 12.2. The highest BCUT2D eigenvalue weighted by Crippen LogP contribution is 2.36. The maximum atomic E-state index is 13.4. The molecule has 4 N–H and O–H groups in total. The number of carbonyl (C=O) groups excluding carboxylic acids is 2. The molecule has 1 fully saturated rings. The monoisotopic (exact) mass is 540 g/mol. The smallest absolute Gasteiger partial charge is 0.406 e. The van der Waals surface area contributed by atoms with Crippen LogP contribution in [0.3, 0.4) is 0 Å². The Morgan fingerprint density at radius 2 is 1.95 bits per heavy atom. The van der Waals surface area contributed by atoms with Crippen molar-refractivity contribution in [1.29, 1.82) is 0 Å². The lowest BCUT2D eigenvalue weighted by Gasteiger charge is -2.33. The summed E-state index contributed by atoms with van der Waals surface area (Å²) in [5, 5.41) is 17.4. The van der Waals surface area contributed by atoms with E-state index in [0.29, 0.717) is 58.7 Å². The van der Waals surface area contributed by atoms with E-state index in [2.05, 4.69) is 20.2 Å². The minimum atomic E-state index is -4.61. The van der Waals surface area contributed by atoms with Crippen molar-refractivity contribution in [2.75, 3.05) is 19.6 Å². The molecule has 2 aliphatic heterocycles. The first-order chi connectivity index (χ1) is 17.5. The van der Waals surface area contributed by atoms with Crippen LogP contribution in [-0.2, 0) is 22.6 Å². The number of nitrogens with zero attached hydrogens (tertiary/aromatic N) is 3. The fraction of sp³-hybridized carbons (Fsp3) is 0.478. The van der Waals surface area contributed by atoms with Gasteiger partial charge < -0.3 is 19.9 Å². The van der Waals surface area contributed by atoms with Gasteiger partial charge in [-0.05, 0) is 36.5 Å². The van der Waals surface area contributed by atoms with Gasteiger partial charge in [0.1, 0.15) is 6.54 Å². The second-order valence-electron chi connectivity index (χ2n) is 9.57. The first kappa shape index (κ1) is 25.2. The van der Waals surface area contributed by atoms with E-state index >= 15 is 0 Å². The summed E-state index contributed by atoms with van der Waals surface area (Å²) in [5.74, 6) is -2.45. The molecule has 4 heterocycles. The lowest BCUT2D eigenvalue weighted by atomic mass is 9.91. The Morgan fingerprint density at radius 3 is 2.59 bits per heavy atom. The number of aromatic hydroxyl groups is 1. The molecule has 2 amide bonds. The normalized spacial score (nSPS) is 19.4. The zero-order valence-corrected chi connectivity index (χ0v) is 20.2. The van der Waals surface area contributed by atoms with Crippen LogP contribution in [0.15, 0.2) is 17.1 Å². The third-order valence-electron chi connectivity index (χ3n) is 7.15. The molecule has 0 bridgehead atoms. The lowest BCUT2D eigenvalue weighted by molar-refractivity contribution is -0.165. The summed E-state index contributed by atoms with van der Waals surface area (Å²) in [6.45, 7) is -1.06. The third kappa shape index (κ3) is 5.04. The van der Waals surface area contributed by atoms with Gasteiger partial charge in [0.2, 0.25) is 17.7 Å². The van der Waals surface area contributed by atoms with E-state index in [-0.39, 0.29) is 37.1 Å². The van der Waals surface area contributed by atoms with E-state index in [4.69, 9.17) is 11.6 Å². The molecule has 0 aliphatic carbocycles. The molecule has 0 unspecified atom stereocenters. The van der Waals surface area contributed by atoms with Crippen LogP contribution in [0.4, 0.5) is 13.2 Å². The molecule has 0 saturated carbocycles. The molecule has 0 radical (unpaired) electrons. The number of aromatic amines is 3. The fourth-order valence-electron chi connectivity index (χ4n) is 5.38. The zero-order valence-electron chi connectivity index (χ0n) is 19.5. The molecule has 5 rings (SSSR count). The summed E-state index contributed by atoms with van der Waals surface area (Å²) in [4.78, 5) is 45.0. The van der Waals surface area contributed by atoms with E-state index in [1.165, 1.54) is 6.20 Å². The SMILES string of the molecule is O=C(C[C@@H]1Cc2cc(Cl)c3[nH]ncc3c2CN(CC(F)(F)F)C1=O)N1CCC(c2[nH]c(=O)[nH]c2O)CC1. The molecule has 2 aliphatic rings. The van der Waals surface area contributed by atoms with E-state index in [0.717, 1.165) is 4.90 Å². The minimum absolute atomic E-state index is 0.0734. The van der Waals surface area contributed by atoms with Crippen LogP contribution < -0.4 is 5.69 Å². The Hall–Kier alpha value is -3.48. The molecule has 37 heavy (non-hydrogen) atoms. The van der Waals surface area contributed by atoms with Crippen LogP contribution in [0.25, 0.3) is 10.9 Å².